The minimum Gasteiger partial charge on any atom is -0.490 e. The summed E-state index contributed by atoms with van der Waals surface area (Å²) in [5, 5.41) is 3.35. The van der Waals surface area contributed by atoms with Crippen molar-refractivity contribution >= 4 is 11.8 Å². The fraction of sp³-hybridized carbons (Fsp3) is 0.467. The Bertz CT molecular complexity index is 358. The summed E-state index contributed by atoms with van der Waals surface area (Å²) in [7, 11) is 0. The van der Waals surface area contributed by atoms with Crippen molar-refractivity contribution in [3.63, 3.8) is 0 Å². The quantitative estimate of drug-likeness (QED) is 0.499. The van der Waals surface area contributed by atoms with E-state index in [9.17, 15) is 0 Å². The summed E-state index contributed by atoms with van der Waals surface area (Å²) in [6, 6.07) is 7.77. The van der Waals surface area contributed by atoms with Crippen LogP contribution in [0.4, 0.5) is 0 Å². The van der Waals surface area contributed by atoms with E-state index in [1.54, 1.807) is 0 Å². The molecule has 0 amide bonds. The van der Waals surface area contributed by atoms with Gasteiger partial charge in [0.2, 0.25) is 0 Å². The maximum absolute atomic E-state index is 5.71. The maximum atomic E-state index is 5.71. The second-order valence-corrected chi connectivity index (χ2v) is 4.99. The molecule has 1 aromatic carbocycles. The molecule has 19 heavy (non-hydrogen) atoms. The average molecular weight is 281 g/mol. The topological polar surface area (TPSA) is 30.5 Å². The van der Waals surface area contributed by atoms with Gasteiger partial charge in [-0.3, -0.25) is 0 Å². The molecule has 0 heterocycles. The van der Waals surface area contributed by atoms with E-state index in [1.165, 1.54) is 0 Å². The van der Waals surface area contributed by atoms with Crippen molar-refractivity contribution in [2.24, 2.45) is 0 Å². The van der Waals surface area contributed by atoms with Crippen LogP contribution in [0.3, 0.4) is 0 Å². The highest BCUT2D eigenvalue weighted by Crippen LogP contribution is 2.25. The van der Waals surface area contributed by atoms with E-state index in [-0.39, 0.29) is 0 Å². The number of thioether (sulfide) groups is 1. The number of benzene rings is 1. The van der Waals surface area contributed by atoms with Gasteiger partial charge in [0.1, 0.15) is 6.61 Å². The zero-order valence-electron chi connectivity index (χ0n) is 11.6. The summed E-state index contributed by atoms with van der Waals surface area (Å²) >= 11 is 1.88. The molecule has 0 aromatic heterocycles. The summed E-state index contributed by atoms with van der Waals surface area (Å²) in [5.74, 6) is 3.74. The van der Waals surface area contributed by atoms with Crippen molar-refractivity contribution in [1.29, 1.82) is 0 Å². The summed E-state index contributed by atoms with van der Waals surface area (Å²) in [6.07, 6.45) is 1.93. The van der Waals surface area contributed by atoms with Gasteiger partial charge in [0.15, 0.2) is 11.5 Å². The third-order valence-electron chi connectivity index (χ3n) is 2.34. The Labute approximate surface area is 120 Å². The van der Waals surface area contributed by atoms with Crippen molar-refractivity contribution in [3.05, 3.63) is 36.9 Å². The molecule has 1 aromatic rings. The summed E-state index contributed by atoms with van der Waals surface area (Å²) < 4.78 is 11.2. The van der Waals surface area contributed by atoms with Crippen LogP contribution in [0.2, 0.25) is 0 Å². The van der Waals surface area contributed by atoms with Gasteiger partial charge in [0, 0.05) is 24.6 Å². The zero-order chi connectivity index (χ0) is 13.8. The highest BCUT2D eigenvalue weighted by Gasteiger charge is 2.02. The van der Waals surface area contributed by atoms with Crippen molar-refractivity contribution in [2.75, 3.05) is 37.8 Å². The van der Waals surface area contributed by atoms with Gasteiger partial charge < -0.3 is 14.8 Å². The predicted molar refractivity (Wildman–Crippen MR) is 83.5 cm³/mol. The Hall–Kier alpha value is -1.13. The van der Waals surface area contributed by atoms with E-state index in [1.807, 2.05) is 49.0 Å². The van der Waals surface area contributed by atoms with Crippen LogP contribution in [0.1, 0.15) is 6.92 Å². The molecule has 0 saturated heterocycles. The van der Waals surface area contributed by atoms with Gasteiger partial charge >= 0.3 is 0 Å². The predicted octanol–water partition coefficient (Wildman–Crippen LogP) is 2.97. The molecule has 106 valence electrons. The summed E-state index contributed by atoms with van der Waals surface area (Å²) in [5.41, 5.74) is 0. The normalized spacial score (nSPS) is 10.2. The molecule has 0 atom stereocenters. The lowest BCUT2D eigenvalue weighted by Crippen LogP contribution is -2.23. The van der Waals surface area contributed by atoms with E-state index < -0.39 is 0 Å². The van der Waals surface area contributed by atoms with Crippen molar-refractivity contribution in [2.45, 2.75) is 6.92 Å². The van der Waals surface area contributed by atoms with Crippen LogP contribution in [0.25, 0.3) is 0 Å². The first kappa shape index (κ1) is 15.9. The molecule has 4 heteroatoms. The molecular formula is C15H23NO2S. The van der Waals surface area contributed by atoms with Crippen molar-refractivity contribution in [3.8, 4) is 11.5 Å². The third-order valence-corrected chi connectivity index (χ3v) is 3.31. The average Bonchev–Trinajstić information content (AvgIpc) is 2.44. The van der Waals surface area contributed by atoms with E-state index in [4.69, 9.17) is 9.47 Å². The van der Waals surface area contributed by atoms with Crippen LogP contribution in [-0.2, 0) is 0 Å². The van der Waals surface area contributed by atoms with Crippen LogP contribution in [0, 0.1) is 0 Å². The standard InChI is InChI=1S/C15H23NO2S/c1-3-12-19-13-10-16-9-11-18-15-8-6-5-7-14(15)17-4-2/h3,5-8,16H,1,4,9-13H2,2H3. The Morgan fingerprint density at radius 1 is 1.21 bits per heavy atom. The van der Waals surface area contributed by atoms with Crippen LogP contribution in [0.15, 0.2) is 36.9 Å². The van der Waals surface area contributed by atoms with Crippen LogP contribution in [0.5, 0.6) is 11.5 Å². The molecule has 0 saturated carbocycles. The lowest BCUT2D eigenvalue weighted by atomic mass is 10.3. The fourth-order valence-electron chi connectivity index (χ4n) is 1.51. The SMILES string of the molecule is C=CCSCCNCCOc1ccccc1OCC. The van der Waals surface area contributed by atoms with Gasteiger partial charge in [0.05, 0.1) is 6.61 Å². The molecular weight excluding hydrogens is 258 g/mol. The molecule has 0 unspecified atom stereocenters. The number of nitrogens with one attached hydrogen (secondary N) is 1. The highest BCUT2D eigenvalue weighted by atomic mass is 32.2. The Morgan fingerprint density at radius 3 is 2.63 bits per heavy atom. The Balaban J connectivity index is 2.13. The first-order chi connectivity index (χ1) is 9.38. The molecule has 0 aliphatic rings. The number of para-hydroxylation sites is 2. The van der Waals surface area contributed by atoms with Gasteiger partial charge in [-0.1, -0.05) is 18.2 Å². The van der Waals surface area contributed by atoms with Crippen LogP contribution >= 0.6 is 11.8 Å². The number of hydrogen-bond donors (Lipinski definition) is 1. The van der Waals surface area contributed by atoms with Gasteiger partial charge in [0.25, 0.3) is 0 Å². The largest absolute Gasteiger partial charge is 0.490 e. The monoisotopic (exact) mass is 281 g/mol. The van der Waals surface area contributed by atoms with Crippen molar-refractivity contribution in [1.82, 2.24) is 5.32 Å². The lowest BCUT2D eigenvalue weighted by Gasteiger charge is -2.11. The molecule has 0 bridgehead atoms. The number of rotatable bonds is 11. The summed E-state index contributed by atoms with van der Waals surface area (Å²) in [4.78, 5) is 0. The van der Waals surface area contributed by atoms with Gasteiger partial charge in [-0.15, -0.1) is 6.58 Å². The lowest BCUT2D eigenvalue weighted by molar-refractivity contribution is 0.276. The second kappa shape index (κ2) is 10.8. The fourth-order valence-corrected chi connectivity index (χ4v) is 2.14. The van der Waals surface area contributed by atoms with Crippen LogP contribution in [-0.4, -0.2) is 37.8 Å². The zero-order valence-corrected chi connectivity index (χ0v) is 12.4. The highest BCUT2D eigenvalue weighted by molar-refractivity contribution is 7.99. The molecule has 0 spiro atoms. The third kappa shape index (κ3) is 7.13. The molecule has 1 N–H and O–H groups in total. The molecule has 3 nitrogen and oxygen atoms in total. The number of hydrogen-bond acceptors (Lipinski definition) is 4. The number of ether oxygens (including phenoxy) is 2. The Kier molecular flexibility index (Phi) is 9.02. The minimum atomic E-state index is 0.649. The van der Waals surface area contributed by atoms with E-state index in [0.717, 1.165) is 36.1 Å². The van der Waals surface area contributed by atoms with E-state index >= 15 is 0 Å². The molecule has 0 fully saturated rings. The van der Waals surface area contributed by atoms with Crippen molar-refractivity contribution < 1.29 is 9.47 Å². The first-order valence-corrected chi connectivity index (χ1v) is 7.78. The van der Waals surface area contributed by atoms with Gasteiger partial charge in [-0.05, 0) is 19.1 Å². The minimum absolute atomic E-state index is 0.649. The molecule has 0 radical (unpaired) electrons. The van der Waals surface area contributed by atoms with Crippen LogP contribution < -0.4 is 14.8 Å². The summed E-state index contributed by atoms with van der Waals surface area (Å²) in [6.45, 7) is 8.80. The van der Waals surface area contributed by atoms with E-state index in [0.29, 0.717) is 13.2 Å². The maximum Gasteiger partial charge on any atom is 0.161 e. The van der Waals surface area contributed by atoms with Gasteiger partial charge in [-0.2, -0.15) is 11.8 Å². The smallest absolute Gasteiger partial charge is 0.161 e. The molecule has 0 aliphatic carbocycles. The molecule has 1 rings (SSSR count). The Morgan fingerprint density at radius 2 is 1.95 bits per heavy atom. The van der Waals surface area contributed by atoms with Gasteiger partial charge in [-0.25, -0.2) is 0 Å². The van der Waals surface area contributed by atoms with E-state index in [2.05, 4.69) is 11.9 Å². The first-order valence-electron chi connectivity index (χ1n) is 6.62. The molecule has 0 aliphatic heterocycles. The second-order valence-electron chi connectivity index (χ2n) is 3.84.